The third-order valence-electron chi connectivity index (χ3n) is 6.09. The molecule has 1 atom stereocenters. The number of fused-ring (bicyclic) bond motifs is 1. The Morgan fingerprint density at radius 1 is 0.946 bits per heavy atom. The zero-order valence-electron chi connectivity index (χ0n) is 20.9. The summed E-state index contributed by atoms with van der Waals surface area (Å²) in [5.41, 5.74) is 4.15. The minimum absolute atomic E-state index is 0.0218. The largest absolute Gasteiger partial charge is 0.497 e. The highest BCUT2D eigenvalue weighted by Gasteiger charge is 2.30. The van der Waals surface area contributed by atoms with E-state index < -0.39 is 18.1 Å². The van der Waals surface area contributed by atoms with Gasteiger partial charge in [0.15, 0.2) is 0 Å². The third kappa shape index (κ3) is 5.69. The summed E-state index contributed by atoms with van der Waals surface area (Å²) in [7, 11) is 3.06. The molecule has 0 bridgehead atoms. The Balaban J connectivity index is 1.38. The quantitative estimate of drug-likeness (QED) is 0.369. The minimum atomic E-state index is -0.661. The number of carbonyl (C=O) groups is 2. The average molecular weight is 510 g/mol. The topological polar surface area (TPSA) is 107 Å². The Morgan fingerprint density at radius 2 is 1.70 bits per heavy atom. The lowest BCUT2D eigenvalue weighted by Gasteiger charge is -2.31. The van der Waals surface area contributed by atoms with Crippen LogP contribution in [0.25, 0.3) is 0 Å². The summed E-state index contributed by atoms with van der Waals surface area (Å²) in [4.78, 5) is 24.8. The van der Waals surface area contributed by atoms with E-state index in [4.69, 9.17) is 18.9 Å². The molecule has 0 aromatic heterocycles. The summed E-state index contributed by atoms with van der Waals surface area (Å²) in [6.07, 6.45) is -1.13. The van der Waals surface area contributed by atoms with Crippen LogP contribution in [0, 0.1) is 19.7 Å². The number of nitrogens with one attached hydrogen (secondary N) is 3. The number of anilines is 2. The summed E-state index contributed by atoms with van der Waals surface area (Å²) in [5.74, 6) is 0.974. The zero-order valence-corrected chi connectivity index (χ0v) is 20.9. The number of amides is 2. The molecule has 0 aliphatic carbocycles. The maximum absolute atomic E-state index is 13.0. The molecule has 0 saturated carbocycles. The second kappa shape index (κ2) is 11.1. The number of rotatable bonds is 8. The molecule has 3 N–H and O–H groups in total. The van der Waals surface area contributed by atoms with E-state index in [-0.39, 0.29) is 19.1 Å². The average Bonchev–Trinajstić information content (AvgIpc) is 2.89. The first kappa shape index (κ1) is 25.6. The third-order valence-corrected chi connectivity index (χ3v) is 6.09. The van der Waals surface area contributed by atoms with Crippen LogP contribution in [0.1, 0.15) is 33.2 Å². The van der Waals surface area contributed by atoms with Gasteiger partial charge in [0, 0.05) is 17.8 Å². The van der Waals surface area contributed by atoms with Crippen molar-refractivity contribution in [1.82, 2.24) is 5.32 Å². The van der Waals surface area contributed by atoms with Crippen LogP contribution in [0.4, 0.5) is 20.6 Å². The van der Waals surface area contributed by atoms with Gasteiger partial charge in [-0.3, -0.25) is 10.1 Å². The number of hydrogen-bond donors (Lipinski definition) is 3. The molecule has 3 aromatic carbocycles. The number of methoxy groups -OCH3 is 2. The monoisotopic (exact) mass is 509 g/mol. The van der Waals surface area contributed by atoms with E-state index in [9.17, 15) is 14.0 Å². The van der Waals surface area contributed by atoms with Crippen molar-refractivity contribution in [3.63, 3.8) is 0 Å². The molecule has 0 radical (unpaired) electrons. The highest BCUT2D eigenvalue weighted by Crippen LogP contribution is 2.38. The lowest BCUT2D eigenvalue weighted by atomic mass is 9.97. The van der Waals surface area contributed by atoms with Crippen molar-refractivity contribution in [1.29, 1.82) is 0 Å². The standard InChI is InChI=1S/C27H28FN3O6/c1-15-16(2)22(36-11-12-37-27(33)29-18-7-5-17(28)6-8-18)10-9-20(15)25-30-21-13-19(34-3)14-23(35-4)24(21)26(32)31-25/h5-10,13-14,25,30H,11-12H2,1-4H3,(H,29,33)(H,31,32). The SMILES string of the molecule is COc1cc2c(c(OC)c1)C(=O)NC(c1ccc(OCCOC(=O)Nc3ccc(F)cc3)c(C)c1C)N2. The molecule has 1 unspecified atom stereocenters. The number of benzene rings is 3. The van der Waals surface area contributed by atoms with Gasteiger partial charge in [-0.2, -0.15) is 0 Å². The van der Waals surface area contributed by atoms with Crippen LogP contribution >= 0.6 is 0 Å². The van der Waals surface area contributed by atoms with Crippen molar-refractivity contribution in [2.45, 2.75) is 20.0 Å². The Kier molecular flexibility index (Phi) is 7.66. The van der Waals surface area contributed by atoms with Crippen LogP contribution < -0.4 is 30.2 Å². The molecule has 0 fully saturated rings. The fourth-order valence-corrected chi connectivity index (χ4v) is 4.03. The van der Waals surface area contributed by atoms with Crippen molar-refractivity contribution < 1.29 is 32.9 Å². The van der Waals surface area contributed by atoms with Crippen molar-refractivity contribution >= 4 is 23.4 Å². The van der Waals surface area contributed by atoms with Crippen LogP contribution in [0.5, 0.6) is 17.2 Å². The van der Waals surface area contributed by atoms with Gasteiger partial charge < -0.3 is 29.6 Å². The zero-order chi connectivity index (χ0) is 26.5. The molecule has 10 heteroatoms. The maximum atomic E-state index is 13.0. The van der Waals surface area contributed by atoms with Gasteiger partial charge in [0.2, 0.25) is 0 Å². The van der Waals surface area contributed by atoms with E-state index in [0.29, 0.717) is 34.2 Å². The Bertz CT molecular complexity index is 1310. The molecule has 0 spiro atoms. The Hall–Kier alpha value is -4.47. The summed E-state index contributed by atoms with van der Waals surface area (Å²) >= 11 is 0. The minimum Gasteiger partial charge on any atom is -0.497 e. The second-order valence-electron chi connectivity index (χ2n) is 8.32. The van der Waals surface area contributed by atoms with E-state index in [1.54, 1.807) is 19.2 Å². The van der Waals surface area contributed by atoms with Gasteiger partial charge in [-0.25, -0.2) is 9.18 Å². The predicted molar refractivity (Wildman–Crippen MR) is 136 cm³/mol. The predicted octanol–water partition coefficient (Wildman–Crippen LogP) is 4.94. The van der Waals surface area contributed by atoms with Gasteiger partial charge in [0.05, 0.1) is 19.9 Å². The highest BCUT2D eigenvalue weighted by atomic mass is 19.1. The van der Waals surface area contributed by atoms with Crippen LogP contribution in [0.2, 0.25) is 0 Å². The normalized spacial score (nSPS) is 14.1. The van der Waals surface area contributed by atoms with E-state index in [1.807, 2.05) is 26.0 Å². The summed E-state index contributed by atoms with van der Waals surface area (Å²) in [5, 5.41) is 8.85. The Labute approximate surface area is 213 Å². The Morgan fingerprint density at radius 3 is 2.41 bits per heavy atom. The smallest absolute Gasteiger partial charge is 0.411 e. The van der Waals surface area contributed by atoms with Crippen LogP contribution in [-0.4, -0.2) is 39.4 Å². The molecule has 4 rings (SSSR count). The molecule has 2 amide bonds. The van der Waals surface area contributed by atoms with Gasteiger partial charge in [0.1, 0.15) is 48.0 Å². The molecular formula is C27H28FN3O6. The molecule has 1 heterocycles. The molecule has 1 aliphatic rings. The summed E-state index contributed by atoms with van der Waals surface area (Å²) < 4.78 is 34.6. The van der Waals surface area contributed by atoms with E-state index >= 15 is 0 Å². The highest BCUT2D eigenvalue weighted by molar-refractivity contribution is 6.04. The molecule has 37 heavy (non-hydrogen) atoms. The van der Waals surface area contributed by atoms with E-state index in [2.05, 4.69) is 16.0 Å². The van der Waals surface area contributed by atoms with Crippen molar-refractivity contribution in [2.24, 2.45) is 0 Å². The number of carbonyl (C=O) groups excluding carboxylic acids is 2. The molecule has 1 aliphatic heterocycles. The molecule has 0 saturated heterocycles. The van der Waals surface area contributed by atoms with Crippen molar-refractivity contribution in [3.8, 4) is 17.2 Å². The van der Waals surface area contributed by atoms with Gasteiger partial charge >= 0.3 is 6.09 Å². The lowest BCUT2D eigenvalue weighted by molar-refractivity contribution is 0.0932. The van der Waals surface area contributed by atoms with E-state index in [1.165, 1.54) is 31.4 Å². The van der Waals surface area contributed by atoms with Gasteiger partial charge in [-0.05, 0) is 60.9 Å². The number of hydrogen-bond acceptors (Lipinski definition) is 7. The van der Waals surface area contributed by atoms with E-state index in [0.717, 1.165) is 16.7 Å². The molecule has 9 nitrogen and oxygen atoms in total. The molecule has 194 valence electrons. The first-order valence-corrected chi connectivity index (χ1v) is 11.6. The number of ether oxygens (including phenoxy) is 4. The fourth-order valence-electron chi connectivity index (χ4n) is 4.03. The maximum Gasteiger partial charge on any atom is 0.411 e. The van der Waals surface area contributed by atoms with Gasteiger partial charge in [-0.15, -0.1) is 0 Å². The van der Waals surface area contributed by atoms with Gasteiger partial charge in [-0.1, -0.05) is 6.07 Å². The van der Waals surface area contributed by atoms with Gasteiger partial charge in [0.25, 0.3) is 5.91 Å². The number of halogens is 1. The first-order valence-electron chi connectivity index (χ1n) is 11.6. The second-order valence-corrected chi connectivity index (χ2v) is 8.32. The molecular weight excluding hydrogens is 481 g/mol. The van der Waals surface area contributed by atoms with Crippen LogP contribution in [-0.2, 0) is 4.74 Å². The van der Waals surface area contributed by atoms with Crippen molar-refractivity contribution in [2.75, 3.05) is 38.1 Å². The molecule has 3 aromatic rings. The van der Waals surface area contributed by atoms with Crippen LogP contribution in [0.15, 0.2) is 48.5 Å². The van der Waals surface area contributed by atoms with Crippen LogP contribution in [0.3, 0.4) is 0 Å². The summed E-state index contributed by atoms with van der Waals surface area (Å²) in [6.45, 7) is 4.02. The fraction of sp³-hybridized carbons (Fsp3) is 0.259. The summed E-state index contributed by atoms with van der Waals surface area (Å²) in [6, 6.07) is 12.5. The van der Waals surface area contributed by atoms with Crippen molar-refractivity contribution in [3.05, 3.63) is 76.6 Å². The lowest BCUT2D eigenvalue weighted by Crippen LogP contribution is -2.39. The first-order chi connectivity index (χ1) is 17.8.